The van der Waals surface area contributed by atoms with E-state index in [1.807, 2.05) is 25.1 Å². The number of aromatic hydroxyl groups is 1. The summed E-state index contributed by atoms with van der Waals surface area (Å²) in [7, 11) is 0. The Kier molecular flexibility index (Phi) is 5.58. The SMILES string of the molecule is C/C=C/C=C/C(=O)NCCc1ccccc1O. The summed E-state index contributed by atoms with van der Waals surface area (Å²) in [5, 5.41) is 12.3. The summed E-state index contributed by atoms with van der Waals surface area (Å²) in [6.45, 7) is 2.40. The van der Waals surface area contributed by atoms with E-state index in [1.54, 1.807) is 24.3 Å². The molecule has 0 aliphatic rings. The molecule has 1 aromatic rings. The number of carbonyl (C=O) groups excluding carboxylic acids is 1. The number of phenols is 1. The average molecular weight is 231 g/mol. The van der Waals surface area contributed by atoms with Crippen LogP contribution >= 0.6 is 0 Å². The minimum absolute atomic E-state index is 0.126. The number of carbonyl (C=O) groups is 1. The van der Waals surface area contributed by atoms with Crippen LogP contribution < -0.4 is 5.32 Å². The van der Waals surface area contributed by atoms with Gasteiger partial charge in [0.05, 0.1) is 0 Å². The molecule has 0 fully saturated rings. The van der Waals surface area contributed by atoms with Crippen LogP contribution in [0.3, 0.4) is 0 Å². The summed E-state index contributed by atoms with van der Waals surface area (Å²) in [4.78, 5) is 11.3. The Labute approximate surface area is 101 Å². The molecule has 2 N–H and O–H groups in total. The Hall–Kier alpha value is -2.03. The Bertz CT molecular complexity index is 422. The van der Waals surface area contributed by atoms with Gasteiger partial charge in [0, 0.05) is 12.6 Å². The molecule has 0 aliphatic carbocycles. The van der Waals surface area contributed by atoms with Crippen molar-refractivity contribution in [2.75, 3.05) is 6.54 Å². The first-order chi connectivity index (χ1) is 8.24. The van der Waals surface area contributed by atoms with Crippen LogP contribution in [0.2, 0.25) is 0 Å². The Morgan fingerprint density at radius 3 is 2.82 bits per heavy atom. The van der Waals surface area contributed by atoms with E-state index < -0.39 is 0 Å². The van der Waals surface area contributed by atoms with Crippen LogP contribution in [0.5, 0.6) is 5.75 Å². The van der Waals surface area contributed by atoms with Crippen LogP contribution in [0.4, 0.5) is 0 Å². The fourth-order valence-corrected chi connectivity index (χ4v) is 1.36. The number of hydrogen-bond acceptors (Lipinski definition) is 2. The lowest BCUT2D eigenvalue weighted by Crippen LogP contribution is -2.23. The predicted octanol–water partition coefficient (Wildman–Crippen LogP) is 2.18. The molecule has 0 radical (unpaired) electrons. The van der Waals surface area contributed by atoms with Crippen molar-refractivity contribution < 1.29 is 9.90 Å². The summed E-state index contributed by atoms with van der Waals surface area (Å²) >= 11 is 0. The van der Waals surface area contributed by atoms with Crippen LogP contribution in [0.15, 0.2) is 48.6 Å². The lowest BCUT2D eigenvalue weighted by molar-refractivity contribution is -0.116. The molecule has 3 nitrogen and oxygen atoms in total. The number of nitrogens with one attached hydrogen (secondary N) is 1. The minimum Gasteiger partial charge on any atom is -0.508 e. The molecule has 1 aromatic carbocycles. The standard InChI is InChI=1S/C14H17NO2/c1-2-3-4-9-14(17)15-11-10-12-7-5-6-8-13(12)16/h2-9,16H,10-11H2,1H3,(H,15,17)/b3-2+,9-4+. The summed E-state index contributed by atoms with van der Waals surface area (Å²) in [5.41, 5.74) is 0.838. The topological polar surface area (TPSA) is 49.3 Å². The van der Waals surface area contributed by atoms with E-state index >= 15 is 0 Å². The van der Waals surface area contributed by atoms with Gasteiger partial charge in [0.2, 0.25) is 5.91 Å². The predicted molar refractivity (Wildman–Crippen MR) is 68.8 cm³/mol. The third-order valence-electron chi connectivity index (χ3n) is 2.24. The third-order valence-corrected chi connectivity index (χ3v) is 2.24. The first-order valence-corrected chi connectivity index (χ1v) is 5.58. The van der Waals surface area contributed by atoms with Crippen molar-refractivity contribution in [1.29, 1.82) is 0 Å². The van der Waals surface area contributed by atoms with Crippen molar-refractivity contribution in [2.24, 2.45) is 0 Å². The number of para-hydroxylation sites is 1. The monoisotopic (exact) mass is 231 g/mol. The van der Waals surface area contributed by atoms with Gasteiger partial charge in [0.25, 0.3) is 0 Å². The van der Waals surface area contributed by atoms with Crippen molar-refractivity contribution in [2.45, 2.75) is 13.3 Å². The number of allylic oxidation sites excluding steroid dienone is 3. The lowest BCUT2D eigenvalue weighted by Gasteiger charge is -2.04. The molecule has 0 atom stereocenters. The molecule has 0 aliphatic heterocycles. The molecule has 0 saturated heterocycles. The zero-order chi connectivity index (χ0) is 12.5. The Morgan fingerprint density at radius 1 is 1.35 bits per heavy atom. The van der Waals surface area contributed by atoms with Crippen LogP contribution in [0.1, 0.15) is 12.5 Å². The van der Waals surface area contributed by atoms with Crippen molar-refractivity contribution in [3.05, 3.63) is 54.1 Å². The van der Waals surface area contributed by atoms with Gasteiger partial charge in [-0.15, -0.1) is 0 Å². The van der Waals surface area contributed by atoms with Crippen LogP contribution in [0, 0.1) is 0 Å². The zero-order valence-electron chi connectivity index (χ0n) is 9.89. The normalized spacial score (nSPS) is 11.1. The quantitative estimate of drug-likeness (QED) is 0.603. The van der Waals surface area contributed by atoms with E-state index in [0.717, 1.165) is 5.56 Å². The maximum absolute atomic E-state index is 11.3. The fourth-order valence-electron chi connectivity index (χ4n) is 1.36. The largest absolute Gasteiger partial charge is 0.508 e. The molecule has 1 rings (SSSR count). The van der Waals surface area contributed by atoms with Gasteiger partial charge in [-0.25, -0.2) is 0 Å². The van der Waals surface area contributed by atoms with Crippen LogP contribution in [0.25, 0.3) is 0 Å². The lowest BCUT2D eigenvalue weighted by atomic mass is 10.1. The van der Waals surface area contributed by atoms with Crippen LogP contribution in [-0.2, 0) is 11.2 Å². The zero-order valence-corrected chi connectivity index (χ0v) is 9.89. The Morgan fingerprint density at radius 2 is 2.12 bits per heavy atom. The molecule has 1 amide bonds. The third kappa shape index (κ3) is 5.02. The van der Waals surface area contributed by atoms with Gasteiger partial charge in [-0.05, 0) is 25.0 Å². The molecule has 0 bridgehead atoms. The maximum atomic E-state index is 11.3. The van der Waals surface area contributed by atoms with E-state index in [9.17, 15) is 9.90 Å². The summed E-state index contributed by atoms with van der Waals surface area (Å²) in [6, 6.07) is 7.13. The van der Waals surface area contributed by atoms with Gasteiger partial charge >= 0.3 is 0 Å². The van der Waals surface area contributed by atoms with E-state index in [4.69, 9.17) is 0 Å². The molecular weight excluding hydrogens is 214 g/mol. The van der Waals surface area contributed by atoms with Gasteiger partial charge in [0.15, 0.2) is 0 Å². The molecule has 0 aromatic heterocycles. The van der Waals surface area contributed by atoms with Gasteiger partial charge in [-0.3, -0.25) is 4.79 Å². The first-order valence-electron chi connectivity index (χ1n) is 5.58. The number of benzene rings is 1. The highest BCUT2D eigenvalue weighted by molar-refractivity contribution is 5.87. The molecule has 17 heavy (non-hydrogen) atoms. The van der Waals surface area contributed by atoms with Gasteiger partial charge < -0.3 is 10.4 Å². The van der Waals surface area contributed by atoms with E-state index in [-0.39, 0.29) is 11.7 Å². The summed E-state index contributed by atoms with van der Waals surface area (Å²) in [5.74, 6) is 0.143. The summed E-state index contributed by atoms with van der Waals surface area (Å²) in [6.07, 6.45) is 7.43. The van der Waals surface area contributed by atoms with Crippen molar-refractivity contribution in [1.82, 2.24) is 5.32 Å². The van der Waals surface area contributed by atoms with Gasteiger partial charge in [0.1, 0.15) is 5.75 Å². The van der Waals surface area contributed by atoms with Crippen molar-refractivity contribution in [3.8, 4) is 5.75 Å². The number of rotatable bonds is 5. The van der Waals surface area contributed by atoms with Gasteiger partial charge in [-0.1, -0.05) is 36.4 Å². The highest BCUT2D eigenvalue weighted by Gasteiger charge is 1.99. The maximum Gasteiger partial charge on any atom is 0.243 e. The second-order valence-corrected chi connectivity index (χ2v) is 3.55. The molecule has 0 spiro atoms. The number of hydrogen-bond donors (Lipinski definition) is 2. The molecule has 0 saturated carbocycles. The van der Waals surface area contributed by atoms with Crippen molar-refractivity contribution >= 4 is 5.91 Å². The highest BCUT2D eigenvalue weighted by atomic mass is 16.3. The minimum atomic E-state index is -0.126. The Balaban J connectivity index is 2.33. The van der Waals surface area contributed by atoms with E-state index in [0.29, 0.717) is 13.0 Å². The average Bonchev–Trinajstić information content (AvgIpc) is 2.32. The van der Waals surface area contributed by atoms with E-state index in [1.165, 1.54) is 6.08 Å². The highest BCUT2D eigenvalue weighted by Crippen LogP contribution is 2.15. The van der Waals surface area contributed by atoms with Crippen molar-refractivity contribution in [3.63, 3.8) is 0 Å². The summed E-state index contributed by atoms with van der Waals surface area (Å²) < 4.78 is 0. The molecule has 3 heteroatoms. The van der Waals surface area contributed by atoms with Crippen LogP contribution in [-0.4, -0.2) is 17.6 Å². The molecule has 0 unspecified atom stereocenters. The molecule has 0 heterocycles. The second kappa shape index (κ2) is 7.28. The van der Waals surface area contributed by atoms with Gasteiger partial charge in [-0.2, -0.15) is 0 Å². The second-order valence-electron chi connectivity index (χ2n) is 3.55. The van der Waals surface area contributed by atoms with E-state index in [2.05, 4.69) is 5.32 Å². The molecule has 90 valence electrons. The molecular formula is C14H17NO2. The fraction of sp³-hybridized carbons (Fsp3) is 0.214. The smallest absolute Gasteiger partial charge is 0.243 e. The number of amides is 1. The first kappa shape index (κ1) is 13.0. The number of phenolic OH excluding ortho intramolecular Hbond substituents is 1.